The van der Waals surface area contributed by atoms with Crippen LogP contribution in [0, 0.1) is 20.8 Å². The van der Waals surface area contributed by atoms with Crippen LogP contribution in [0.25, 0.3) is 0 Å². The van der Waals surface area contributed by atoms with E-state index in [0.717, 1.165) is 5.56 Å². The van der Waals surface area contributed by atoms with Gasteiger partial charge in [0.2, 0.25) is 5.95 Å². The highest BCUT2D eigenvalue weighted by Crippen LogP contribution is 2.17. The number of hydrogen-bond donors (Lipinski definition) is 3. The Morgan fingerprint density at radius 1 is 0.935 bits per heavy atom. The number of benzene rings is 2. The zero-order valence-corrected chi connectivity index (χ0v) is 18.8. The smallest absolute Gasteiger partial charge is 0.264 e. The standard InChI is InChI=1S/C21H21N5O3S2/c1-13-6-4-5-7-18(13)19(27)25-21(30)24-16-8-10-17(11-9-16)31(28,29)26-20-22-14(2)12-15(3)23-20/h4-12H,1-3H3,(H,22,23,26)(H2,24,25,27,30). The van der Waals surface area contributed by atoms with Crippen LogP contribution in [0.1, 0.15) is 27.3 Å². The Morgan fingerprint density at radius 3 is 2.16 bits per heavy atom. The lowest BCUT2D eigenvalue weighted by atomic mass is 10.1. The lowest BCUT2D eigenvalue weighted by molar-refractivity contribution is 0.0977. The van der Waals surface area contributed by atoms with Gasteiger partial charge in [0.15, 0.2) is 5.11 Å². The molecule has 3 rings (SSSR count). The second kappa shape index (κ2) is 9.19. The third-order valence-corrected chi connectivity index (χ3v) is 5.80. The summed E-state index contributed by atoms with van der Waals surface area (Å²) in [6, 6.07) is 14.8. The largest absolute Gasteiger partial charge is 0.332 e. The minimum absolute atomic E-state index is 0.0137. The molecule has 0 aliphatic heterocycles. The van der Waals surface area contributed by atoms with Crippen molar-refractivity contribution in [1.29, 1.82) is 0 Å². The van der Waals surface area contributed by atoms with Gasteiger partial charge in [-0.3, -0.25) is 10.1 Å². The first-order chi connectivity index (χ1) is 14.6. The molecule has 0 atom stereocenters. The minimum atomic E-state index is -3.86. The van der Waals surface area contributed by atoms with Crippen molar-refractivity contribution >= 4 is 44.9 Å². The van der Waals surface area contributed by atoms with E-state index in [-0.39, 0.29) is 21.9 Å². The molecule has 3 N–H and O–H groups in total. The Labute approximate surface area is 186 Å². The number of carbonyl (C=O) groups excluding carboxylic acids is 1. The predicted octanol–water partition coefficient (Wildman–Crippen LogP) is 3.33. The van der Waals surface area contributed by atoms with E-state index in [9.17, 15) is 13.2 Å². The van der Waals surface area contributed by atoms with Crippen molar-refractivity contribution in [3.8, 4) is 0 Å². The molecule has 10 heteroatoms. The van der Waals surface area contributed by atoms with Crippen LogP contribution in [0.4, 0.5) is 11.6 Å². The summed E-state index contributed by atoms with van der Waals surface area (Å²) in [5.74, 6) is -0.313. The van der Waals surface area contributed by atoms with Crippen molar-refractivity contribution in [3.63, 3.8) is 0 Å². The van der Waals surface area contributed by atoms with E-state index in [1.54, 1.807) is 44.2 Å². The summed E-state index contributed by atoms with van der Waals surface area (Å²) in [6.45, 7) is 5.35. The topological polar surface area (TPSA) is 113 Å². The van der Waals surface area contributed by atoms with Gasteiger partial charge in [-0.2, -0.15) is 0 Å². The van der Waals surface area contributed by atoms with E-state index in [2.05, 4.69) is 25.3 Å². The van der Waals surface area contributed by atoms with Gasteiger partial charge in [-0.1, -0.05) is 18.2 Å². The van der Waals surface area contributed by atoms with Crippen molar-refractivity contribution in [1.82, 2.24) is 15.3 Å². The second-order valence-corrected chi connectivity index (χ2v) is 8.92. The molecule has 0 aliphatic rings. The number of amides is 1. The maximum Gasteiger partial charge on any atom is 0.264 e. The number of sulfonamides is 1. The molecule has 1 amide bonds. The van der Waals surface area contributed by atoms with E-state index in [1.807, 2.05) is 19.1 Å². The van der Waals surface area contributed by atoms with E-state index in [1.165, 1.54) is 12.1 Å². The van der Waals surface area contributed by atoms with Crippen molar-refractivity contribution in [2.45, 2.75) is 25.7 Å². The van der Waals surface area contributed by atoms with Gasteiger partial charge in [0.25, 0.3) is 15.9 Å². The number of nitrogens with zero attached hydrogens (tertiary/aromatic N) is 2. The molecule has 31 heavy (non-hydrogen) atoms. The van der Waals surface area contributed by atoms with Crippen molar-refractivity contribution < 1.29 is 13.2 Å². The van der Waals surface area contributed by atoms with Gasteiger partial charge < -0.3 is 5.32 Å². The molecule has 0 saturated carbocycles. The van der Waals surface area contributed by atoms with E-state index >= 15 is 0 Å². The minimum Gasteiger partial charge on any atom is -0.332 e. The quantitative estimate of drug-likeness (QED) is 0.506. The van der Waals surface area contributed by atoms with Gasteiger partial charge in [0, 0.05) is 22.6 Å². The zero-order chi connectivity index (χ0) is 22.6. The Balaban J connectivity index is 1.66. The number of hydrogen-bond acceptors (Lipinski definition) is 6. The highest BCUT2D eigenvalue weighted by molar-refractivity contribution is 7.92. The van der Waals surface area contributed by atoms with E-state index < -0.39 is 10.0 Å². The van der Waals surface area contributed by atoms with Gasteiger partial charge in [-0.05, 0) is 75.0 Å². The summed E-state index contributed by atoms with van der Waals surface area (Å²) in [6.07, 6.45) is 0. The molecule has 1 aromatic heterocycles. The zero-order valence-electron chi connectivity index (χ0n) is 17.1. The molecule has 0 radical (unpaired) electrons. The molecule has 0 fully saturated rings. The third kappa shape index (κ3) is 5.83. The van der Waals surface area contributed by atoms with Gasteiger partial charge in [-0.25, -0.2) is 23.1 Å². The highest BCUT2D eigenvalue weighted by atomic mass is 32.2. The van der Waals surface area contributed by atoms with Gasteiger partial charge in [0.05, 0.1) is 4.90 Å². The van der Waals surface area contributed by atoms with Gasteiger partial charge >= 0.3 is 0 Å². The summed E-state index contributed by atoms with van der Waals surface area (Å²) in [4.78, 5) is 20.6. The third-order valence-electron chi connectivity index (χ3n) is 4.25. The fraction of sp³-hybridized carbons (Fsp3) is 0.143. The molecule has 0 aliphatic carbocycles. The van der Waals surface area contributed by atoms with Crippen molar-refractivity contribution in [3.05, 3.63) is 77.1 Å². The number of anilines is 2. The fourth-order valence-corrected chi connectivity index (χ4v) is 3.98. The lowest BCUT2D eigenvalue weighted by Gasteiger charge is -2.12. The van der Waals surface area contributed by atoms with Crippen LogP contribution < -0.4 is 15.4 Å². The first-order valence-corrected chi connectivity index (χ1v) is 11.2. The molecule has 8 nitrogen and oxygen atoms in total. The maximum absolute atomic E-state index is 12.6. The van der Waals surface area contributed by atoms with Crippen LogP contribution in [0.15, 0.2) is 59.5 Å². The normalized spacial score (nSPS) is 10.9. The Hall–Kier alpha value is -3.37. The molecule has 0 unspecified atom stereocenters. The van der Waals surface area contributed by atoms with Crippen LogP contribution in [-0.2, 0) is 10.0 Å². The number of carbonyl (C=O) groups is 1. The summed E-state index contributed by atoms with van der Waals surface area (Å²) in [7, 11) is -3.86. The lowest BCUT2D eigenvalue weighted by Crippen LogP contribution is -2.34. The van der Waals surface area contributed by atoms with Crippen LogP contribution in [-0.4, -0.2) is 29.4 Å². The van der Waals surface area contributed by atoms with Crippen molar-refractivity contribution in [2.75, 3.05) is 10.0 Å². The molecule has 0 spiro atoms. The second-order valence-electron chi connectivity index (χ2n) is 6.83. The molecule has 160 valence electrons. The van der Waals surface area contributed by atoms with Gasteiger partial charge in [0.1, 0.15) is 0 Å². The average Bonchev–Trinajstić information content (AvgIpc) is 2.67. The number of nitrogens with one attached hydrogen (secondary N) is 3. The SMILES string of the molecule is Cc1cc(C)nc(NS(=O)(=O)c2ccc(NC(=S)NC(=O)c3ccccc3C)cc2)n1. The summed E-state index contributed by atoms with van der Waals surface area (Å²) >= 11 is 5.18. The number of aromatic nitrogens is 2. The number of thiocarbonyl (C=S) groups is 1. The van der Waals surface area contributed by atoms with Crippen molar-refractivity contribution in [2.24, 2.45) is 0 Å². The first kappa shape index (κ1) is 22.3. The van der Waals surface area contributed by atoms with E-state index in [0.29, 0.717) is 22.6 Å². The Morgan fingerprint density at radius 2 is 1.55 bits per heavy atom. The van der Waals surface area contributed by atoms with Crippen LogP contribution >= 0.6 is 12.2 Å². The summed E-state index contributed by atoms with van der Waals surface area (Å²) in [5, 5.41) is 5.58. The first-order valence-electron chi connectivity index (χ1n) is 9.27. The summed E-state index contributed by atoms with van der Waals surface area (Å²) < 4.78 is 27.6. The number of aryl methyl sites for hydroxylation is 3. The maximum atomic E-state index is 12.6. The molecular formula is C21H21N5O3S2. The molecule has 0 bridgehead atoms. The summed E-state index contributed by atoms with van der Waals surface area (Å²) in [5.41, 5.74) is 3.19. The Bertz CT molecular complexity index is 1220. The van der Waals surface area contributed by atoms with E-state index in [4.69, 9.17) is 12.2 Å². The highest BCUT2D eigenvalue weighted by Gasteiger charge is 2.16. The average molecular weight is 456 g/mol. The predicted molar refractivity (Wildman–Crippen MR) is 124 cm³/mol. The number of rotatable bonds is 5. The molecular weight excluding hydrogens is 434 g/mol. The molecule has 1 heterocycles. The monoisotopic (exact) mass is 455 g/mol. The van der Waals surface area contributed by atoms with Crippen LogP contribution in [0.2, 0.25) is 0 Å². The fourth-order valence-electron chi connectivity index (χ4n) is 2.83. The molecule has 3 aromatic rings. The Kier molecular flexibility index (Phi) is 6.62. The van der Waals surface area contributed by atoms with Gasteiger partial charge in [-0.15, -0.1) is 0 Å². The van der Waals surface area contributed by atoms with Crippen LogP contribution in [0.3, 0.4) is 0 Å². The molecule has 0 saturated heterocycles. The molecule has 2 aromatic carbocycles. The van der Waals surface area contributed by atoms with Crippen LogP contribution in [0.5, 0.6) is 0 Å².